The molecule has 3 heterocycles. The number of fused-ring (bicyclic) bond motifs is 1. The van der Waals surface area contributed by atoms with E-state index in [-0.39, 0.29) is 4.90 Å². The molecule has 0 aliphatic carbocycles. The molecule has 4 rings (SSSR count). The standard InChI is InChI=1S/C21H20N4O3S/c1-28-10-6-5-7-16-11-19-20(17-13-23-24-14-17)15-25(21(19)22-12-16)29(26,27)18-8-3-2-4-9-18/h2-5,7-9,11-15H,6,10H2,1H3,(H,23,24)/b7-5+. The Morgan fingerprint density at radius 1 is 1.21 bits per heavy atom. The molecule has 0 bridgehead atoms. The van der Waals surface area contributed by atoms with E-state index in [9.17, 15) is 8.42 Å². The van der Waals surface area contributed by atoms with Gasteiger partial charge in [0.05, 0.1) is 11.1 Å². The van der Waals surface area contributed by atoms with Crippen LogP contribution in [0.1, 0.15) is 12.0 Å². The summed E-state index contributed by atoms with van der Waals surface area (Å²) in [6.07, 6.45) is 11.4. The van der Waals surface area contributed by atoms with Crippen LogP contribution < -0.4 is 0 Å². The Morgan fingerprint density at radius 2 is 2.03 bits per heavy atom. The van der Waals surface area contributed by atoms with Crippen LogP contribution in [-0.2, 0) is 14.8 Å². The summed E-state index contributed by atoms with van der Waals surface area (Å²) >= 11 is 0. The molecule has 0 unspecified atom stereocenters. The molecule has 148 valence electrons. The van der Waals surface area contributed by atoms with Crippen molar-refractivity contribution in [2.24, 2.45) is 0 Å². The van der Waals surface area contributed by atoms with Gasteiger partial charge in [0.1, 0.15) is 0 Å². The average molecular weight is 408 g/mol. The van der Waals surface area contributed by atoms with Crippen molar-refractivity contribution < 1.29 is 13.2 Å². The van der Waals surface area contributed by atoms with Crippen LogP contribution >= 0.6 is 0 Å². The van der Waals surface area contributed by atoms with E-state index in [1.165, 1.54) is 3.97 Å². The van der Waals surface area contributed by atoms with Gasteiger partial charge in [0.2, 0.25) is 0 Å². The average Bonchev–Trinajstić information content (AvgIpc) is 3.39. The van der Waals surface area contributed by atoms with Gasteiger partial charge >= 0.3 is 0 Å². The number of methoxy groups -OCH3 is 1. The predicted octanol–water partition coefficient (Wildman–Crippen LogP) is 3.71. The fraction of sp³-hybridized carbons (Fsp3) is 0.143. The highest BCUT2D eigenvalue weighted by Gasteiger charge is 2.23. The Hall–Kier alpha value is -3.23. The molecule has 7 nitrogen and oxygen atoms in total. The van der Waals surface area contributed by atoms with E-state index in [1.54, 1.807) is 62.2 Å². The first kappa shape index (κ1) is 19.1. The molecule has 0 saturated carbocycles. The maximum absolute atomic E-state index is 13.2. The second-order valence-corrected chi connectivity index (χ2v) is 8.28. The minimum atomic E-state index is -3.78. The SMILES string of the molecule is COCC/C=C/c1cnc2c(c1)c(-c1cn[nH]c1)cn2S(=O)(=O)c1ccccc1. The Kier molecular flexibility index (Phi) is 5.28. The largest absolute Gasteiger partial charge is 0.384 e. The van der Waals surface area contributed by atoms with Crippen molar-refractivity contribution in [3.8, 4) is 11.1 Å². The smallest absolute Gasteiger partial charge is 0.269 e. The third kappa shape index (κ3) is 3.72. The number of ether oxygens (including phenoxy) is 1. The fourth-order valence-corrected chi connectivity index (χ4v) is 4.45. The summed E-state index contributed by atoms with van der Waals surface area (Å²) in [5, 5.41) is 7.51. The molecule has 0 fully saturated rings. The number of hydrogen-bond acceptors (Lipinski definition) is 5. The summed E-state index contributed by atoms with van der Waals surface area (Å²) in [5.41, 5.74) is 2.79. The van der Waals surface area contributed by atoms with Crippen LogP contribution in [0.2, 0.25) is 0 Å². The molecule has 4 aromatic rings. The molecule has 0 aliphatic rings. The fourth-order valence-electron chi connectivity index (χ4n) is 3.11. The first-order valence-electron chi connectivity index (χ1n) is 9.07. The van der Waals surface area contributed by atoms with E-state index in [4.69, 9.17) is 4.74 Å². The Balaban J connectivity index is 1.87. The third-order valence-corrected chi connectivity index (χ3v) is 6.21. The highest BCUT2D eigenvalue weighted by Crippen LogP contribution is 2.32. The van der Waals surface area contributed by atoms with Gasteiger partial charge in [-0.2, -0.15) is 5.10 Å². The van der Waals surface area contributed by atoms with E-state index in [2.05, 4.69) is 15.2 Å². The van der Waals surface area contributed by atoms with Gasteiger partial charge in [-0.05, 0) is 30.2 Å². The number of nitrogens with one attached hydrogen (secondary N) is 1. The first-order valence-corrected chi connectivity index (χ1v) is 10.5. The molecule has 29 heavy (non-hydrogen) atoms. The van der Waals surface area contributed by atoms with Crippen LogP contribution in [0.3, 0.4) is 0 Å². The van der Waals surface area contributed by atoms with Gasteiger partial charge in [0.15, 0.2) is 5.65 Å². The van der Waals surface area contributed by atoms with Crippen LogP contribution in [0, 0.1) is 0 Å². The number of aromatic nitrogens is 4. The molecule has 0 atom stereocenters. The number of hydrogen-bond donors (Lipinski definition) is 1. The van der Waals surface area contributed by atoms with E-state index in [0.717, 1.165) is 28.5 Å². The summed E-state index contributed by atoms with van der Waals surface area (Å²) in [6.45, 7) is 0.637. The minimum absolute atomic E-state index is 0.209. The van der Waals surface area contributed by atoms with Crippen LogP contribution in [-0.4, -0.2) is 41.3 Å². The van der Waals surface area contributed by atoms with Gasteiger partial charge in [-0.1, -0.05) is 30.4 Å². The first-order chi connectivity index (χ1) is 14.1. The topological polar surface area (TPSA) is 89.9 Å². The number of rotatable bonds is 7. The minimum Gasteiger partial charge on any atom is -0.384 e. The summed E-state index contributed by atoms with van der Waals surface area (Å²) < 4.78 is 32.8. The monoisotopic (exact) mass is 408 g/mol. The van der Waals surface area contributed by atoms with Crippen molar-refractivity contribution in [1.29, 1.82) is 0 Å². The molecule has 0 radical (unpaired) electrons. The van der Waals surface area contributed by atoms with Crippen molar-refractivity contribution in [2.75, 3.05) is 13.7 Å². The van der Waals surface area contributed by atoms with E-state index < -0.39 is 10.0 Å². The van der Waals surface area contributed by atoms with Gasteiger partial charge in [-0.15, -0.1) is 0 Å². The molecule has 1 aromatic carbocycles. The van der Waals surface area contributed by atoms with E-state index in [1.807, 2.05) is 18.2 Å². The van der Waals surface area contributed by atoms with Crippen LogP contribution in [0.5, 0.6) is 0 Å². The van der Waals surface area contributed by atoms with Gasteiger partial charge in [0, 0.05) is 48.8 Å². The third-order valence-electron chi connectivity index (χ3n) is 4.54. The molecule has 0 spiro atoms. The lowest BCUT2D eigenvalue weighted by atomic mass is 10.1. The van der Waals surface area contributed by atoms with Crippen molar-refractivity contribution >= 4 is 27.1 Å². The van der Waals surface area contributed by atoms with Gasteiger partial charge < -0.3 is 4.74 Å². The lowest BCUT2D eigenvalue weighted by Gasteiger charge is -2.06. The highest BCUT2D eigenvalue weighted by atomic mass is 32.2. The Morgan fingerprint density at radius 3 is 2.76 bits per heavy atom. The zero-order valence-electron chi connectivity index (χ0n) is 15.8. The molecule has 0 aliphatic heterocycles. The number of nitrogens with zero attached hydrogens (tertiary/aromatic N) is 3. The van der Waals surface area contributed by atoms with Crippen molar-refractivity contribution in [2.45, 2.75) is 11.3 Å². The van der Waals surface area contributed by atoms with Gasteiger partial charge in [-0.25, -0.2) is 17.4 Å². The highest BCUT2D eigenvalue weighted by molar-refractivity contribution is 7.90. The van der Waals surface area contributed by atoms with Gasteiger partial charge in [-0.3, -0.25) is 5.10 Å². The van der Waals surface area contributed by atoms with Crippen LogP contribution in [0.15, 0.2) is 72.2 Å². The molecule has 0 saturated heterocycles. The van der Waals surface area contributed by atoms with Gasteiger partial charge in [0.25, 0.3) is 10.0 Å². The lowest BCUT2D eigenvalue weighted by molar-refractivity contribution is 0.204. The van der Waals surface area contributed by atoms with E-state index in [0.29, 0.717) is 12.3 Å². The van der Waals surface area contributed by atoms with Crippen molar-refractivity contribution in [3.63, 3.8) is 0 Å². The summed E-state index contributed by atoms with van der Waals surface area (Å²) in [7, 11) is -2.12. The zero-order chi connectivity index (χ0) is 20.3. The van der Waals surface area contributed by atoms with Crippen molar-refractivity contribution in [1.82, 2.24) is 19.2 Å². The molecule has 0 amide bonds. The second kappa shape index (κ2) is 8.02. The van der Waals surface area contributed by atoms with E-state index >= 15 is 0 Å². The quantitative estimate of drug-likeness (QED) is 0.471. The number of aromatic amines is 1. The predicted molar refractivity (Wildman–Crippen MR) is 112 cm³/mol. The number of H-pyrrole nitrogens is 1. The second-order valence-electron chi connectivity index (χ2n) is 6.47. The number of pyridine rings is 1. The molecule has 1 N–H and O–H groups in total. The van der Waals surface area contributed by atoms with Crippen LogP contribution in [0.4, 0.5) is 0 Å². The molecule has 8 heteroatoms. The maximum Gasteiger partial charge on any atom is 0.269 e. The maximum atomic E-state index is 13.2. The summed E-state index contributed by atoms with van der Waals surface area (Å²) in [6, 6.07) is 10.3. The normalized spacial score (nSPS) is 12.2. The molecular formula is C21H20N4O3S. The molecule has 3 aromatic heterocycles. The number of benzene rings is 1. The summed E-state index contributed by atoms with van der Waals surface area (Å²) in [5.74, 6) is 0. The Labute approximate surface area is 168 Å². The zero-order valence-corrected chi connectivity index (χ0v) is 16.6. The Bertz CT molecular complexity index is 1240. The molecular weight excluding hydrogens is 388 g/mol. The lowest BCUT2D eigenvalue weighted by Crippen LogP contribution is -2.12. The summed E-state index contributed by atoms with van der Waals surface area (Å²) in [4.78, 5) is 4.68. The van der Waals surface area contributed by atoms with Crippen LogP contribution in [0.25, 0.3) is 28.2 Å². The van der Waals surface area contributed by atoms with Crippen molar-refractivity contribution in [3.05, 3.63) is 72.8 Å².